The largest absolute Gasteiger partial charge is 0.484 e. The van der Waals surface area contributed by atoms with Crippen LogP contribution in [-0.4, -0.2) is 31.1 Å². The first-order chi connectivity index (χ1) is 11.2. The Morgan fingerprint density at radius 3 is 2.35 bits per heavy atom. The molecule has 126 valence electrons. The van der Waals surface area contributed by atoms with E-state index in [0.29, 0.717) is 17.9 Å². The minimum atomic E-state index is -0.356. The molecule has 0 unspecified atom stereocenters. The van der Waals surface area contributed by atoms with Crippen LogP contribution in [0.3, 0.4) is 0 Å². The van der Waals surface area contributed by atoms with Gasteiger partial charge in [0.1, 0.15) is 5.75 Å². The number of carbonyl (C=O) groups is 2. The number of hydrogen-bond donors (Lipinski definition) is 1. The molecular weight excluding hydrogens is 294 g/mol. The van der Waals surface area contributed by atoms with Gasteiger partial charge in [-0.25, -0.2) is 4.79 Å². The Kier molecular flexibility index (Phi) is 6.91. The maximum Gasteiger partial charge on any atom is 0.338 e. The van der Waals surface area contributed by atoms with Crippen LogP contribution in [0.1, 0.15) is 55.8 Å². The molecule has 0 saturated heterocycles. The molecule has 0 atom stereocenters. The Morgan fingerprint density at radius 2 is 1.74 bits per heavy atom. The first-order valence-corrected chi connectivity index (χ1v) is 8.38. The van der Waals surface area contributed by atoms with Gasteiger partial charge in [-0.05, 0) is 44.0 Å². The van der Waals surface area contributed by atoms with Crippen molar-refractivity contribution in [3.8, 4) is 5.75 Å². The molecule has 1 aromatic rings. The van der Waals surface area contributed by atoms with Gasteiger partial charge in [-0.1, -0.05) is 25.7 Å². The molecule has 0 aromatic heterocycles. The maximum absolute atomic E-state index is 11.9. The predicted octanol–water partition coefficient (Wildman–Crippen LogP) is 3.08. The van der Waals surface area contributed by atoms with Gasteiger partial charge in [0.05, 0.1) is 12.2 Å². The van der Waals surface area contributed by atoms with Crippen molar-refractivity contribution in [2.75, 3.05) is 13.2 Å². The fraction of sp³-hybridized carbons (Fsp3) is 0.556. The lowest BCUT2D eigenvalue weighted by atomic mass is 10.1. The fourth-order valence-electron chi connectivity index (χ4n) is 2.74. The molecule has 1 aliphatic rings. The van der Waals surface area contributed by atoms with E-state index in [1.807, 2.05) is 0 Å². The molecule has 1 N–H and O–H groups in total. The molecule has 5 heteroatoms. The number of esters is 1. The van der Waals surface area contributed by atoms with Crippen molar-refractivity contribution in [3.63, 3.8) is 0 Å². The molecule has 0 spiro atoms. The SMILES string of the molecule is CCOC(=O)c1ccc(OCC(=O)NC2CCCCCC2)cc1. The number of carbonyl (C=O) groups excluding carboxylic acids is 2. The lowest BCUT2D eigenvalue weighted by Crippen LogP contribution is -2.37. The van der Waals surface area contributed by atoms with Crippen molar-refractivity contribution >= 4 is 11.9 Å². The zero-order chi connectivity index (χ0) is 16.5. The van der Waals surface area contributed by atoms with Gasteiger partial charge < -0.3 is 14.8 Å². The molecule has 0 aliphatic heterocycles. The third kappa shape index (κ3) is 5.93. The monoisotopic (exact) mass is 319 g/mol. The summed E-state index contributed by atoms with van der Waals surface area (Å²) in [7, 11) is 0. The normalized spacial score (nSPS) is 15.5. The Morgan fingerprint density at radius 1 is 1.09 bits per heavy atom. The van der Waals surface area contributed by atoms with Gasteiger partial charge in [0.25, 0.3) is 5.91 Å². The number of rotatable bonds is 6. The van der Waals surface area contributed by atoms with E-state index >= 15 is 0 Å². The van der Waals surface area contributed by atoms with Crippen LogP contribution in [0, 0.1) is 0 Å². The van der Waals surface area contributed by atoms with E-state index in [2.05, 4.69) is 5.32 Å². The van der Waals surface area contributed by atoms with Crippen LogP contribution in [0.25, 0.3) is 0 Å². The highest BCUT2D eigenvalue weighted by Gasteiger charge is 2.15. The molecule has 1 amide bonds. The third-order valence-electron chi connectivity index (χ3n) is 3.96. The number of ether oxygens (including phenoxy) is 2. The van der Waals surface area contributed by atoms with Gasteiger partial charge >= 0.3 is 5.97 Å². The van der Waals surface area contributed by atoms with E-state index in [9.17, 15) is 9.59 Å². The second kappa shape index (κ2) is 9.18. The van der Waals surface area contributed by atoms with Crippen molar-refractivity contribution in [1.29, 1.82) is 0 Å². The predicted molar refractivity (Wildman–Crippen MR) is 87.5 cm³/mol. The second-order valence-electron chi connectivity index (χ2n) is 5.79. The first-order valence-electron chi connectivity index (χ1n) is 8.38. The van der Waals surface area contributed by atoms with Crippen molar-refractivity contribution < 1.29 is 19.1 Å². The van der Waals surface area contributed by atoms with E-state index in [1.54, 1.807) is 31.2 Å². The van der Waals surface area contributed by atoms with Crippen LogP contribution in [0.4, 0.5) is 0 Å². The smallest absolute Gasteiger partial charge is 0.338 e. The number of nitrogens with one attached hydrogen (secondary N) is 1. The van der Waals surface area contributed by atoms with E-state index < -0.39 is 0 Å². The maximum atomic E-state index is 11.9. The summed E-state index contributed by atoms with van der Waals surface area (Å²) in [4.78, 5) is 23.5. The van der Waals surface area contributed by atoms with Crippen molar-refractivity contribution in [2.45, 2.75) is 51.5 Å². The number of hydrogen-bond acceptors (Lipinski definition) is 4. The quantitative estimate of drug-likeness (QED) is 0.646. The molecule has 2 rings (SSSR count). The van der Waals surface area contributed by atoms with Crippen molar-refractivity contribution in [3.05, 3.63) is 29.8 Å². The summed E-state index contributed by atoms with van der Waals surface area (Å²) >= 11 is 0. The number of amides is 1. The van der Waals surface area contributed by atoms with Gasteiger partial charge in [0.2, 0.25) is 0 Å². The molecule has 1 aliphatic carbocycles. The minimum absolute atomic E-state index is 0.00471. The van der Waals surface area contributed by atoms with Crippen molar-refractivity contribution in [2.24, 2.45) is 0 Å². The average Bonchev–Trinajstić information content (AvgIpc) is 2.82. The van der Waals surface area contributed by atoms with Crippen LogP contribution < -0.4 is 10.1 Å². The topological polar surface area (TPSA) is 64.6 Å². The Bertz CT molecular complexity index is 504. The Labute approximate surface area is 137 Å². The average molecular weight is 319 g/mol. The van der Waals surface area contributed by atoms with Gasteiger partial charge in [0.15, 0.2) is 6.61 Å². The fourth-order valence-corrected chi connectivity index (χ4v) is 2.74. The second-order valence-corrected chi connectivity index (χ2v) is 5.79. The molecule has 0 radical (unpaired) electrons. The van der Waals surface area contributed by atoms with Gasteiger partial charge in [0, 0.05) is 6.04 Å². The zero-order valence-corrected chi connectivity index (χ0v) is 13.7. The van der Waals surface area contributed by atoms with E-state index in [0.717, 1.165) is 12.8 Å². The Hall–Kier alpha value is -2.04. The number of benzene rings is 1. The summed E-state index contributed by atoms with van der Waals surface area (Å²) in [6, 6.07) is 6.89. The molecule has 1 fully saturated rings. The van der Waals surface area contributed by atoms with E-state index in [4.69, 9.17) is 9.47 Å². The Balaban J connectivity index is 1.76. The summed E-state index contributed by atoms with van der Waals surface area (Å²) in [5.74, 6) is 0.116. The zero-order valence-electron chi connectivity index (χ0n) is 13.7. The van der Waals surface area contributed by atoms with Gasteiger partial charge in [-0.2, -0.15) is 0 Å². The standard InChI is InChI=1S/C18H25NO4/c1-2-22-18(21)14-9-11-16(12-10-14)23-13-17(20)19-15-7-5-3-4-6-8-15/h9-12,15H,2-8,13H2,1H3,(H,19,20). The highest BCUT2D eigenvalue weighted by Crippen LogP contribution is 2.17. The lowest BCUT2D eigenvalue weighted by molar-refractivity contribution is -0.123. The molecular formula is C18H25NO4. The minimum Gasteiger partial charge on any atom is -0.484 e. The molecule has 23 heavy (non-hydrogen) atoms. The molecule has 1 aromatic carbocycles. The summed E-state index contributed by atoms with van der Waals surface area (Å²) in [5, 5.41) is 3.04. The van der Waals surface area contributed by atoms with Crippen LogP contribution in [0.15, 0.2) is 24.3 Å². The van der Waals surface area contributed by atoms with Crippen LogP contribution in [-0.2, 0) is 9.53 Å². The highest BCUT2D eigenvalue weighted by atomic mass is 16.5. The third-order valence-corrected chi connectivity index (χ3v) is 3.96. The van der Waals surface area contributed by atoms with Crippen LogP contribution in [0.5, 0.6) is 5.75 Å². The molecule has 0 heterocycles. The summed E-state index contributed by atoms with van der Waals surface area (Å²) in [6.45, 7) is 2.11. The van der Waals surface area contributed by atoms with Crippen LogP contribution in [0.2, 0.25) is 0 Å². The highest BCUT2D eigenvalue weighted by molar-refractivity contribution is 5.89. The van der Waals surface area contributed by atoms with Crippen molar-refractivity contribution in [1.82, 2.24) is 5.32 Å². The molecule has 0 bridgehead atoms. The van der Waals surface area contributed by atoms with Crippen LogP contribution >= 0.6 is 0 Å². The first kappa shape index (κ1) is 17.3. The van der Waals surface area contributed by atoms with E-state index in [-0.39, 0.29) is 24.5 Å². The summed E-state index contributed by atoms with van der Waals surface area (Å²) in [6.07, 6.45) is 6.99. The molecule has 1 saturated carbocycles. The van der Waals surface area contributed by atoms with Gasteiger partial charge in [-0.15, -0.1) is 0 Å². The lowest BCUT2D eigenvalue weighted by Gasteiger charge is -2.16. The summed E-state index contributed by atoms with van der Waals surface area (Å²) < 4.78 is 10.4. The summed E-state index contributed by atoms with van der Waals surface area (Å²) in [5.41, 5.74) is 0.474. The van der Waals surface area contributed by atoms with E-state index in [1.165, 1.54) is 25.7 Å². The molecule has 5 nitrogen and oxygen atoms in total. The van der Waals surface area contributed by atoms with Gasteiger partial charge in [-0.3, -0.25) is 4.79 Å².